The minimum absolute atomic E-state index is 0.145. The monoisotopic (exact) mass is 391 g/mol. The Labute approximate surface area is 178 Å². The second-order valence-electron chi connectivity index (χ2n) is 8.93. The summed E-state index contributed by atoms with van der Waals surface area (Å²) in [6.07, 6.45) is 2.17. The predicted octanol–water partition coefficient (Wildman–Crippen LogP) is 6.16. The van der Waals surface area contributed by atoms with Gasteiger partial charge < -0.3 is 0 Å². The topological polar surface area (TPSA) is 16.8 Å². The zero-order valence-corrected chi connectivity index (χ0v) is 18.3. The second kappa shape index (κ2) is 6.63. The number of benzene rings is 2. The number of aromatic nitrogens is 2. The predicted molar refractivity (Wildman–Crippen MR) is 123 cm³/mol. The molecule has 0 saturated heterocycles. The van der Waals surface area contributed by atoms with Crippen LogP contribution in [0, 0.1) is 13.8 Å². The third-order valence-corrected chi connectivity index (χ3v) is 6.47. The van der Waals surface area contributed by atoms with Crippen molar-refractivity contribution in [1.82, 2.24) is 4.98 Å². The van der Waals surface area contributed by atoms with Crippen molar-refractivity contribution < 1.29 is 4.57 Å². The van der Waals surface area contributed by atoms with Gasteiger partial charge in [0, 0.05) is 28.8 Å². The average molecular weight is 392 g/mol. The zero-order chi connectivity index (χ0) is 21.0. The summed E-state index contributed by atoms with van der Waals surface area (Å²) in [5, 5.41) is 0. The minimum atomic E-state index is -0.145. The molecule has 2 nitrogen and oxygen atoms in total. The lowest BCUT2D eigenvalue weighted by Gasteiger charge is -2.24. The van der Waals surface area contributed by atoms with Gasteiger partial charge in [0.15, 0.2) is 6.20 Å². The number of fused-ring (bicyclic) bond motifs is 3. The number of rotatable bonds is 2. The molecule has 0 saturated carbocycles. The molecule has 0 aliphatic heterocycles. The number of nitrogens with zero attached hydrogens (tertiary/aromatic N) is 2. The third kappa shape index (κ3) is 2.71. The van der Waals surface area contributed by atoms with Crippen molar-refractivity contribution in [3.63, 3.8) is 0 Å². The van der Waals surface area contributed by atoms with Crippen LogP contribution in [0.15, 0.2) is 72.9 Å². The lowest BCUT2D eigenvalue weighted by molar-refractivity contribution is -0.660. The van der Waals surface area contributed by atoms with Crippen LogP contribution in [0.1, 0.15) is 36.4 Å². The van der Waals surface area contributed by atoms with Gasteiger partial charge in [-0.2, -0.15) is 0 Å². The van der Waals surface area contributed by atoms with Crippen LogP contribution in [0.3, 0.4) is 0 Å². The molecule has 0 bridgehead atoms. The fourth-order valence-corrected chi connectivity index (χ4v) is 4.91. The van der Waals surface area contributed by atoms with Crippen molar-refractivity contribution in [2.24, 2.45) is 7.05 Å². The summed E-state index contributed by atoms with van der Waals surface area (Å²) in [6, 6.07) is 24.0. The van der Waals surface area contributed by atoms with Gasteiger partial charge in [-0.15, -0.1) is 0 Å². The summed E-state index contributed by atoms with van der Waals surface area (Å²) in [5.41, 5.74) is 12.4. The Morgan fingerprint density at radius 1 is 0.800 bits per heavy atom. The minimum Gasteiger partial charge on any atom is -0.257 e. The van der Waals surface area contributed by atoms with Gasteiger partial charge in [-0.25, -0.2) is 4.57 Å². The highest BCUT2D eigenvalue weighted by Gasteiger charge is 2.41. The molecule has 148 valence electrons. The Kier molecular flexibility index (Phi) is 4.14. The second-order valence-corrected chi connectivity index (χ2v) is 8.93. The van der Waals surface area contributed by atoms with Crippen LogP contribution in [0.5, 0.6) is 0 Å². The molecule has 0 fully saturated rings. The lowest BCUT2D eigenvalue weighted by Crippen LogP contribution is -2.32. The summed E-state index contributed by atoms with van der Waals surface area (Å²) in [6.45, 7) is 8.93. The fraction of sp³-hybridized carbons (Fsp3) is 0.214. The summed E-state index contributed by atoms with van der Waals surface area (Å²) in [7, 11) is 2.14. The quantitative estimate of drug-likeness (QED) is 0.374. The van der Waals surface area contributed by atoms with Crippen LogP contribution in [-0.2, 0) is 12.5 Å². The molecule has 5 rings (SSSR count). The highest BCUT2D eigenvalue weighted by molar-refractivity contribution is 5.88. The molecule has 4 aromatic rings. The van der Waals surface area contributed by atoms with Crippen molar-refractivity contribution in [1.29, 1.82) is 0 Å². The van der Waals surface area contributed by atoms with E-state index in [1.807, 2.05) is 0 Å². The average Bonchev–Trinajstić information content (AvgIpc) is 2.96. The summed E-state index contributed by atoms with van der Waals surface area (Å²) < 4.78 is 2.24. The van der Waals surface area contributed by atoms with E-state index in [2.05, 4.69) is 112 Å². The Balaban J connectivity index is 1.80. The molecular formula is C28H27N2+. The standard InChI is InChI=1S/C28H27N2/c1-18-11-13-22-23-14-12-19(2)29-27(23)28(3,4)26(22)25(18)24-17-21(15-16-30(24)5)20-9-7-6-8-10-20/h6-17H,1-5H3/q+1. The van der Waals surface area contributed by atoms with E-state index < -0.39 is 0 Å². The molecule has 2 heterocycles. The molecule has 2 aromatic carbocycles. The molecule has 0 radical (unpaired) electrons. The van der Waals surface area contributed by atoms with E-state index in [4.69, 9.17) is 4.98 Å². The Bertz CT molecular complexity index is 1280. The molecule has 2 aromatic heterocycles. The van der Waals surface area contributed by atoms with Crippen molar-refractivity contribution >= 4 is 0 Å². The number of pyridine rings is 2. The lowest BCUT2D eigenvalue weighted by atomic mass is 9.80. The van der Waals surface area contributed by atoms with Crippen molar-refractivity contribution in [2.45, 2.75) is 33.1 Å². The molecule has 2 heteroatoms. The number of hydrogen-bond acceptors (Lipinski definition) is 1. The van der Waals surface area contributed by atoms with Gasteiger partial charge in [0.2, 0.25) is 5.69 Å². The van der Waals surface area contributed by atoms with Gasteiger partial charge in [0.25, 0.3) is 0 Å². The highest BCUT2D eigenvalue weighted by atomic mass is 14.9. The Morgan fingerprint density at radius 3 is 2.30 bits per heavy atom. The largest absolute Gasteiger partial charge is 0.257 e. The number of hydrogen-bond donors (Lipinski definition) is 0. The first-order valence-corrected chi connectivity index (χ1v) is 10.6. The van der Waals surface area contributed by atoms with E-state index in [1.165, 1.54) is 50.3 Å². The van der Waals surface area contributed by atoms with E-state index in [0.717, 1.165) is 5.69 Å². The third-order valence-electron chi connectivity index (χ3n) is 6.47. The first-order chi connectivity index (χ1) is 14.4. The van der Waals surface area contributed by atoms with Crippen LogP contribution in [0.4, 0.5) is 0 Å². The molecule has 30 heavy (non-hydrogen) atoms. The van der Waals surface area contributed by atoms with Gasteiger partial charge in [0.05, 0.1) is 11.3 Å². The summed E-state index contributed by atoms with van der Waals surface area (Å²) in [4.78, 5) is 4.97. The summed E-state index contributed by atoms with van der Waals surface area (Å²) in [5.74, 6) is 0. The van der Waals surface area contributed by atoms with Crippen LogP contribution >= 0.6 is 0 Å². The Morgan fingerprint density at radius 2 is 1.53 bits per heavy atom. The van der Waals surface area contributed by atoms with E-state index >= 15 is 0 Å². The van der Waals surface area contributed by atoms with Gasteiger partial charge >= 0.3 is 0 Å². The fourth-order valence-electron chi connectivity index (χ4n) is 4.91. The normalized spacial score (nSPS) is 13.8. The maximum absolute atomic E-state index is 4.97. The first-order valence-electron chi connectivity index (χ1n) is 10.6. The van der Waals surface area contributed by atoms with Crippen molar-refractivity contribution in [3.8, 4) is 33.5 Å². The smallest absolute Gasteiger partial charge is 0.213 e. The molecule has 1 aliphatic rings. The molecule has 0 N–H and O–H groups in total. The van der Waals surface area contributed by atoms with Crippen molar-refractivity contribution in [2.75, 3.05) is 0 Å². The van der Waals surface area contributed by atoms with E-state index in [-0.39, 0.29) is 5.41 Å². The molecule has 0 atom stereocenters. The zero-order valence-electron chi connectivity index (χ0n) is 18.3. The van der Waals surface area contributed by atoms with Gasteiger partial charge in [-0.05, 0) is 47.7 Å². The van der Waals surface area contributed by atoms with E-state index in [1.54, 1.807) is 0 Å². The van der Waals surface area contributed by atoms with E-state index in [9.17, 15) is 0 Å². The molecule has 0 spiro atoms. The first kappa shape index (κ1) is 18.7. The molecule has 0 unspecified atom stereocenters. The highest BCUT2D eigenvalue weighted by Crippen LogP contribution is 2.52. The van der Waals surface area contributed by atoms with Crippen LogP contribution in [-0.4, -0.2) is 4.98 Å². The maximum Gasteiger partial charge on any atom is 0.213 e. The van der Waals surface area contributed by atoms with E-state index in [0.29, 0.717) is 0 Å². The van der Waals surface area contributed by atoms with Crippen molar-refractivity contribution in [3.05, 3.63) is 95.4 Å². The maximum atomic E-state index is 4.97. The van der Waals surface area contributed by atoms with Gasteiger partial charge in [0.1, 0.15) is 7.05 Å². The van der Waals surface area contributed by atoms with Crippen LogP contribution in [0.25, 0.3) is 33.5 Å². The molecular weight excluding hydrogens is 364 g/mol. The molecule has 0 amide bonds. The molecule has 1 aliphatic carbocycles. The van der Waals surface area contributed by atoms with Gasteiger partial charge in [-0.3, -0.25) is 4.98 Å². The van der Waals surface area contributed by atoms with Gasteiger partial charge in [-0.1, -0.05) is 62.4 Å². The number of aryl methyl sites for hydroxylation is 3. The summed E-state index contributed by atoms with van der Waals surface area (Å²) >= 11 is 0. The SMILES string of the molecule is Cc1ccc2c(n1)C(C)(C)c1c-2ccc(C)c1-c1cc(-c2ccccc2)cc[n+]1C. The Hall–Kier alpha value is -3.26. The van der Waals surface area contributed by atoms with Crippen LogP contribution in [0.2, 0.25) is 0 Å². The van der Waals surface area contributed by atoms with Crippen LogP contribution < -0.4 is 4.57 Å².